The van der Waals surface area contributed by atoms with E-state index in [9.17, 15) is 8.42 Å². The molecule has 0 aromatic carbocycles. The van der Waals surface area contributed by atoms with Crippen molar-refractivity contribution in [1.82, 2.24) is 0 Å². The maximum Gasteiger partial charge on any atom is 0.288 e. The number of rotatable bonds is 0. The summed E-state index contributed by atoms with van der Waals surface area (Å²) in [6, 6.07) is 1.35. The quantitative estimate of drug-likeness (QED) is 0.700. The van der Waals surface area contributed by atoms with Gasteiger partial charge in [0.25, 0.3) is 10.0 Å². The number of hydrogen-bond acceptors (Lipinski definition) is 5. The van der Waals surface area contributed by atoms with Crippen LogP contribution in [0.4, 0.5) is 5.00 Å². The Morgan fingerprint density at radius 3 is 3.00 bits per heavy atom. The van der Waals surface area contributed by atoms with E-state index in [1.807, 2.05) is 0 Å². The predicted octanol–water partition coefficient (Wildman–Crippen LogP) is 0.830. The highest BCUT2D eigenvalue weighted by atomic mass is 35.5. The summed E-state index contributed by atoms with van der Waals surface area (Å²) in [4.78, 5) is 0.0803. The summed E-state index contributed by atoms with van der Waals surface area (Å²) in [6.45, 7) is 0. The average molecular weight is 238 g/mol. The fraction of sp³-hybridized carbons (Fsp3) is 0. The Kier molecular flexibility index (Phi) is 1.76. The lowest BCUT2D eigenvalue weighted by Crippen LogP contribution is -2.27. The van der Waals surface area contributed by atoms with Gasteiger partial charge in [0.2, 0.25) is 5.96 Å². The Balaban J connectivity index is 2.71. The fourth-order valence-corrected chi connectivity index (χ4v) is 3.51. The number of thiophene rings is 1. The van der Waals surface area contributed by atoms with Gasteiger partial charge in [-0.15, -0.1) is 15.7 Å². The van der Waals surface area contributed by atoms with Gasteiger partial charge in [-0.1, -0.05) is 11.6 Å². The molecule has 1 aromatic heterocycles. The summed E-state index contributed by atoms with van der Waals surface area (Å²) in [5, 5.41) is 3.03. The molecule has 5 nitrogen and oxygen atoms in total. The predicted molar refractivity (Wildman–Crippen MR) is 51.8 cm³/mol. The molecule has 0 saturated heterocycles. The number of guanidine groups is 1. The minimum Gasteiger partial charge on any atom is -0.369 e. The minimum absolute atomic E-state index is 0.0803. The molecule has 13 heavy (non-hydrogen) atoms. The largest absolute Gasteiger partial charge is 0.369 e. The molecule has 70 valence electrons. The van der Waals surface area contributed by atoms with Gasteiger partial charge in [0, 0.05) is 0 Å². The number of nitrogens with one attached hydrogen (secondary N) is 1. The zero-order valence-electron chi connectivity index (χ0n) is 6.11. The number of hydrogen-bond donors (Lipinski definition) is 2. The molecule has 0 radical (unpaired) electrons. The van der Waals surface area contributed by atoms with E-state index >= 15 is 0 Å². The van der Waals surface area contributed by atoms with Crippen LogP contribution in [0.5, 0.6) is 0 Å². The van der Waals surface area contributed by atoms with Gasteiger partial charge < -0.3 is 11.1 Å². The molecule has 0 unspecified atom stereocenters. The number of fused-ring (bicyclic) bond motifs is 1. The standard InChI is InChI=1S/C5H4ClN3O2S2/c6-3-1-2-4(12-3)8-5(7)9-13(2,10)11/h1H,(H3,7,8,9). The third-order valence-electron chi connectivity index (χ3n) is 1.41. The van der Waals surface area contributed by atoms with Gasteiger partial charge in [-0.3, -0.25) is 0 Å². The van der Waals surface area contributed by atoms with E-state index in [0.717, 1.165) is 11.3 Å². The highest BCUT2D eigenvalue weighted by Gasteiger charge is 2.26. The number of halogens is 1. The molecular formula is C5H4ClN3O2S2. The Labute approximate surface area is 83.3 Å². The number of nitrogens with zero attached hydrogens (tertiary/aromatic N) is 1. The monoisotopic (exact) mass is 237 g/mol. The number of nitrogens with two attached hydrogens (primary N) is 1. The van der Waals surface area contributed by atoms with Crippen molar-refractivity contribution in [2.75, 3.05) is 5.32 Å². The Morgan fingerprint density at radius 2 is 2.31 bits per heavy atom. The lowest BCUT2D eigenvalue weighted by molar-refractivity contribution is 0.598. The Hall–Kier alpha value is -0.790. The number of sulfonamides is 1. The van der Waals surface area contributed by atoms with Crippen molar-refractivity contribution >= 4 is 43.9 Å². The first-order valence-corrected chi connectivity index (χ1v) is 5.79. The van der Waals surface area contributed by atoms with Gasteiger partial charge >= 0.3 is 0 Å². The van der Waals surface area contributed by atoms with E-state index in [-0.39, 0.29) is 10.9 Å². The Bertz CT molecular complexity index is 490. The summed E-state index contributed by atoms with van der Waals surface area (Å²) in [6.07, 6.45) is 0. The third-order valence-corrected chi connectivity index (χ3v) is 4.03. The first-order chi connectivity index (χ1) is 5.99. The Morgan fingerprint density at radius 1 is 1.62 bits per heavy atom. The molecule has 0 aliphatic carbocycles. The second-order valence-corrected chi connectivity index (χ2v) is 5.58. The van der Waals surface area contributed by atoms with Crippen molar-refractivity contribution in [2.24, 2.45) is 10.1 Å². The molecule has 0 fully saturated rings. The van der Waals surface area contributed by atoms with Crippen molar-refractivity contribution in [3.05, 3.63) is 10.4 Å². The van der Waals surface area contributed by atoms with Crippen LogP contribution < -0.4 is 11.1 Å². The first-order valence-electron chi connectivity index (χ1n) is 3.16. The summed E-state index contributed by atoms with van der Waals surface area (Å²) in [5.41, 5.74) is 5.26. The zero-order valence-corrected chi connectivity index (χ0v) is 8.50. The molecule has 0 bridgehead atoms. The average Bonchev–Trinajstić information content (AvgIpc) is 2.28. The van der Waals surface area contributed by atoms with Crippen LogP contribution in [0.3, 0.4) is 0 Å². The van der Waals surface area contributed by atoms with E-state index in [1.54, 1.807) is 0 Å². The van der Waals surface area contributed by atoms with Crippen molar-refractivity contribution < 1.29 is 8.42 Å². The number of anilines is 1. The molecule has 1 aromatic rings. The lowest BCUT2D eigenvalue weighted by Gasteiger charge is -2.09. The van der Waals surface area contributed by atoms with Crippen LogP contribution in [0, 0.1) is 0 Å². The smallest absolute Gasteiger partial charge is 0.288 e. The third kappa shape index (κ3) is 1.38. The van der Waals surface area contributed by atoms with Gasteiger partial charge in [-0.05, 0) is 6.07 Å². The summed E-state index contributed by atoms with van der Waals surface area (Å²) < 4.78 is 26.3. The van der Waals surface area contributed by atoms with Crippen LogP contribution in [-0.4, -0.2) is 14.4 Å². The zero-order chi connectivity index (χ0) is 9.64. The molecule has 1 aliphatic heterocycles. The molecule has 2 heterocycles. The second-order valence-electron chi connectivity index (χ2n) is 2.32. The highest BCUT2D eigenvalue weighted by molar-refractivity contribution is 7.90. The maximum absolute atomic E-state index is 11.3. The highest BCUT2D eigenvalue weighted by Crippen LogP contribution is 2.37. The van der Waals surface area contributed by atoms with E-state index in [1.165, 1.54) is 6.07 Å². The van der Waals surface area contributed by atoms with Crippen LogP contribution in [0.15, 0.2) is 15.4 Å². The van der Waals surface area contributed by atoms with E-state index < -0.39 is 10.0 Å². The van der Waals surface area contributed by atoms with Gasteiger partial charge in [0.1, 0.15) is 9.90 Å². The molecule has 0 saturated carbocycles. The second kappa shape index (κ2) is 2.60. The molecule has 0 amide bonds. The SMILES string of the molecule is NC1=NS(=O)(=O)c2cc(Cl)sc2N1. The van der Waals surface area contributed by atoms with Crippen molar-refractivity contribution in [2.45, 2.75) is 4.90 Å². The van der Waals surface area contributed by atoms with Crippen LogP contribution in [0.25, 0.3) is 0 Å². The van der Waals surface area contributed by atoms with Gasteiger partial charge in [0.15, 0.2) is 0 Å². The van der Waals surface area contributed by atoms with Crippen LogP contribution in [0.2, 0.25) is 4.34 Å². The van der Waals surface area contributed by atoms with Gasteiger partial charge in [-0.2, -0.15) is 8.42 Å². The minimum atomic E-state index is -3.64. The molecule has 2 rings (SSSR count). The molecular weight excluding hydrogens is 234 g/mol. The lowest BCUT2D eigenvalue weighted by atomic mass is 10.6. The van der Waals surface area contributed by atoms with E-state index in [0.29, 0.717) is 9.34 Å². The molecule has 8 heteroatoms. The topological polar surface area (TPSA) is 84.5 Å². The summed E-state index contributed by atoms with van der Waals surface area (Å²) in [7, 11) is -3.64. The molecule has 0 atom stereocenters. The fourth-order valence-electron chi connectivity index (χ4n) is 0.942. The van der Waals surface area contributed by atoms with Crippen LogP contribution >= 0.6 is 22.9 Å². The van der Waals surface area contributed by atoms with Gasteiger partial charge in [0.05, 0.1) is 4.34 Å². The first kappa shape index (κ1) is 8.79. The summed E-state index contributed by atoms with van der Waals surface area (Å²) in [5.74, 6) is -0.133. The van der Waals surface area contributed by atoms with Crippen molar-refractivity contribution in [3.8, 4) is 0 Å². The van der Waals surface area contributed by atoms with E-state index in [4.69, 9.17) is 17.3 Å². The van der Waals surface area contributed by atoms with Crippen molar-refractivity contribution in [1.29, 1.82) is 0 Å². The van der Waals surface area contributed by atoms with Crippen LogP contribution in [-0.2, 0) is 10.0 Å². The molecule has 0 spiro atoms. The van der Waals surface area contributed by atoms with Gasteiger partial charge in [-0.25, -0.2) is 0 Å². The normalized spacial score (nSPS) is 18.7. The van der Waals surface area contributed by atoms with E-state index in [2.05, 4.69) is 9.71 Å². The maximum atomic E-state index is 11.3. The summed E-state index contributed by atoms with van der Waals surface area (Å²) >= 11 is 6.76. The molecule has 1 aliphatic rings. The molecule has 3 N–H and O–H groups in total. The van der Waals surface area contributed by atoms with Crippen LogP contribution in [0.1, 0.15) is 0 Å². The van der Waals surface area contributed by atoms with Crippen molar-refractivity contribution in [3.63, 3.8) is 0 Å².